The molecule has 0 atom stereocenters. The lowest BCUT2D eigenvalue weighted by Gasteiger charge is -2.35. The van der Waals surface area contributed by atoms with Crippen molar-refractivity contribution in [3.63, 3.8) is 0 Å². The van der Waals surface area contributed by atoms with E-state index in [-0.39, 0.29) is 4.08 Å². The summed E-state index contributed by atoms with van der Waals surface area (Å²) in [6.45, 7) is 0. The van der Waals surface area contributed by atoms with Crippen molar-refractivity contribution in [1.29, 1.82) is 0 Å². The zero-order chi connectivity index (χ0) is 14.3. The first-order chi connectivity index (χ1) is 10.3. The minimum Gasteiger partial charge on any atom is -0.292 e. The van der Waals surface area contributed by atoms with Crippen molar-refractivity contribution in [1.82, 2.24) is 4.90 Å². The number of hydrogen-bond donors (Lipinski definition) is 0. The molecule has 3 aliphatic heterocycles. The zero-order valence-corrected chi connectivity index (χ0v) is 15.4. The Labute approximate surface area is 144 Å². The minimum atomic E-state index is -0.230. The molecule has 0 unspecified atom stereocenters. The van der Waals surface area contributed by atoms with Gasteiger partial charge in [-0.25, -0.2) is 0 Å². The van der Waals surface area contributed by atoms with Crippen LogP contribution in [-0.4, -0.2) is 42.6 Å². The van der Waals surface area contributed by atoms with Gasteiger partial charge < -0.3 is 0 Å². The molecule has 0 aromatic heterocycles. The van der Waals surface area contributed by atoms with Crippen molar-refractivity contribution in [2.24, 2.45) is 0 Å². The first-order valence-electron chi connectivity index (χ1n) is 7.90. The van der Waals surface area contributed by atoms with E-state index in [9.17, 15) is 4.79 Å². The van der Waals surface area contributed by atoms with Crippen LogP contribution >= 0.6 is 47.0 Å². The van der Waals surface area contributed by atoms with Gasteiger partial charge in [-0.05, 0) is 67.1 Å². The van der Waals surface area contributed by atoms with Gasteiger partial charge in [-0.3, -0.25) is 9.69 Å². The lowest BCUT2D eigenvalue weighted by Crippen LogP contribution is -2.43. The summed E-state index contributed by atoms with van der Waals surface area (Å²) in [7, 11) is 0. The van der Waals surface area contributed by atoms with Crippen LogP contribution in [0.4, 0.5) is 0 Å². The Balaban J connectivity index is 1.71. The monoisotopic (exact) mass is 359 g/mol. The van der Waals surface area contributed by atoms with Crippen LogP contribution in [0.3, 0.4) is 0 Å². The molecule has 0 radical (unpaired) electrons. The van der Waals surface area contributed by atoms with E-state index in [4.69, 9.17) is 0 Å². The molecule has 116 valence electrons. The van der Waals surface area contributed by atoms with E-state index in [0.29, 0.717) is 10.6 Å². The van der Waals surface area contributed by atoms with Crippen molar-refractivity contribution in [2.45, 2.75) is 47.3 Å². The summed E-state index contributed by atoms with van der Waals surface area (Å²) in [5.41, 5.74) is 2.92. The average Bonchev–Trinajstić information content (AvgIpc) is 2.79. The van der Waals surface area contributed by atoms with Crippen LogP contribution in [0.25, 0.3) is 0 Å². The largest absolute Gasteiger partial charge is 0.292 e. The third-order valence-corrected chi connectivity index (χ3v) is 10.8. The maximum atomic E-state index is 13.4. The number of fused-ring (bicyclic) bond motifs is 1. The number of hydrogen-bond acceptors (Lipinski definition) is 5. The van der Waals surface area contributed by atoms with Crippen LogP contribution < -0.4 is 0 Å². The molecule has 3 heterocycles. The fourth-order valence-corrected chi connectivity index (χ4v) is 9.91. The number of thioether (sulfide) groups is 4. The number of carbonyl (C=O) groups is 1. The minimum absolute atomic E-state index is 0.230. The standard InChI is InChI=1S/C15H21NOS4/c17-13-15(20-9-4-10-21-15)11-5-1-2-6-12(11)16(13)14-18-7-3-8-19-14/h14H,1-10H2. The quantitative estimate of drug-likeness (QED) is 0.690. The summed E-state index contributed by atoms with van der Waals surface area (Å²) in [5.74, 6) is 5.12. The summed E-state index contributed by atoms with van der Waals surface area (Å²) in [6, 6.07) is 0. The molecule has 4 aliphatic rings. The van der Waals surface area contributed by atoms with Gasteiger partial charge in [0.2, 0.25) is 0 Å². The van der Waals surface area contributed by atoms with E-state index >= 15 is 0 Å². The number of carbonyl (C=O) groups excluding carboxylic acids is 1. The Kier molecular flexibility index (Phi) is 4.51. The number of nitrogens with zero attached hydrogens (tertiary/aromatic N) is 1. The molecule has 0 saturated carbocycles. The molecule has 0 N–H and O–H groups in total. The molecule has 4 rings (SSSR count). The van der Waals surface area contributed by atoms with Gasteiger partial charge in [-0.2, -0.15) is 0 Å². The van der Waals surface area contributed by atoms with Crippen molar-refractivity contribution in [2.75, 3.05) is 23.0 Å². The fourth-order valence-electron chi connectivity index (χ4n) is 3.60. The van der Waals surface area contributed by atoms with E-state index < -0.39 is 0 Å². The predicted octanol–water partition coefficient (Wildman–Crippen LogP) is 4.38. The topological polar surface area (TPSA) is 20.3 Å². The van der Waals surface area contributed by atoms with Gasteiger partial charge in [-0.15, -0.1) is 47.0 Å². The lowest BCUT2D eigenvalue weighted by atomic mass is 9.96. The SMILES string of the molecule is O=C1N(C2SCCCS2)C2=C(CCCC2)C12SCCCS2. The Morgan fingerprint density at radius 1 is 0.905 bits per heavy atom. The van der Waals surface area contributed by atoms with Crippen molar-refractivity contribution in [3.8, 4) is 0 Å². The smallest absolute Gasteiger partial charge is 0.259 e. The third-order valence-electron chi connectivity index (χ3n) is 4.55. The molecule has 21 heavy (non-hydrogen) atoms. The summed E-state index contributed by atoms with van der Waals surface area (Å²) in [5, 5.41) is 0. The Morgan fingerprint density at radius 3 is 2.33 bits per heavy atom. The highest BCUT2D eigenvalue weighted by molar-refractivity contribution is 8.20. The molecule has 2 fully saturated rings. The van der Waals surface area contributed by atoms with Crippen molar-refractivity contribution >= 4 is 53.0 Å². The molecule has 1 spiro atoms. The van der Waals surface area contributed by atoms with Crippen LogP contribution in [0, 0.1) is 0 Å². The van der Waals surface area contributed by atoms with Crippen LogP contribution in [0.2, 0.25) is 0 Å². The number of rotatable bonds is 1. The molecule has 1 amide bonds. The van der Waals surface area contributed by atoms with E-state index in [0.717, 1.165) is 24.3 Å². The second-order valence-corrected chi connectivity index (χ2v) is 11.4. The molecule has 6 heteroatoms. The van der Waals surface area contributed by atoms with E-state index in [1.165, 1.54) is 48.5 Å². The normalized spacial score (nSPS) is 30.1. The van der Waals surface area contributed by atoms with Gasteiger partial charge in [0.15, 0.2) is 4.08 Å². The lowest BCUT2D eigenvalue weighted by molar-refractivity contribution is -0.127. The van der Waals surface area contributed by atoms with Gasteiger partial charge >= 0.3 is 0 Å². The van der Waals surface area contributed by atoms with Gasteiger partial charge in [0.05, 0.1) is 0 Å². The third kappa shape index (κ3) is 2.48. The van der Waals surface area contributed by atoms with E-state index in [1.54, 1.807) is 0 Å². The summed E-state index contributed by atoms with van der Waals surface area (Å²) in [4.78, 5) is 15.6. The van der Waals surface area contributed by atoms with Gasteiger partial charge in [0, 0.05) is 5.70 Å². The number of amides is 1. The Hall–Kier alpha value is 0.610. The molecule has 2 nitrogen and oxygen atoms in total. The molecule has 1 aliphatic carbocycles. The van der Waals surface area contributed by atoms with Crippen LogP contribution in [0.1, 0.15) is 38.5 Å². The predicted molar refractivity (Wildman–Crippen MR) is 97.9 cm³/mol. The molecular weight excluding hydrogens is 338 g/mol. The highest BCUT2D eigenvalue weighted by Gasteiger charge is 2.56. The van der Waals surface area contributed by atoms with Crippen LogP contribution in [-0.2, 0) is 4.79 Å². The average molecular weight is 360 g/mol. The second kappa shape index (κ2) is 6.25. The van der Waals surface area contributed by atoms with E-state index in [2.05, 4.69) is 4.90 Å². The fraction of sp³-hybridized carbons (Fsp3) is 0.800. The van der Waals surface area contributed by atoms with Crippen molar-refractivity contribution in [3.05, 3.63) is 11.3 Å². The summed E-state index contributed by atoms with van der Waals surface area (Å²) >= 11 is 7.83. The zero-order valence-electron chi connectivity index (χ0n) is 12.1. The van der Waals surface area contributed by atoms with Crippen LogP contribution in [0.15, 0.2) is 11.3 Å². The Morgan fingerprint density at radius 2 is 1.57 bits per heavy atom. The maximum absolute atomic E-state index is 13.4. The van der Waals surface area contributed by atoms with Gasteiger partial charge in [-0.1, -0.05) is 0 Å². The first kappa shape index (κ1) is 15.2. The highest BCUT2D eigenvalue weighted by atomic mass is 32.2. The molecule has 0 aromatic rings. The number of allylic oxidation sites excluding steroid dienone is 1. The van der Waals surface area contributed by atoms with Gasteiger partial charge in [0.1, 0.15) is 4.71 Å². The Bertz CT molecular complexity index is 466. The molecular formula is C15H21NOS4. The molecule has 2 saturated heterocycles. The molecule has 0 bridgehead atoms. The van der Waals surface area contributed by atoms with Crippen LogP contribution in [0.5, 0.6) is 0 Å². The summed E-state index contributed by atoms with van der Waals surface area (Å²) < 4.78 is 0.115. The maximum Gasteiger partial charge on any atom is 0.259 e. The van der Waals surface area contributed by atoms with Crippen molar-refractivity contribution < 1.29 is 4.79 Å². The van der Waals surface area contributed by atoms with E-state index in [1.807, 2.05) is 47.0 Å². The summed E-state index contributed by atoms with van der Waals surface area (Å²) in [6.07, 6.45) is 7.35. The highest BCUT2D eigenvalue weighted by Crippen LogP contribution is 2.58. The molecule has 0 aromatic carbocycles. The van der Waals surface area contributed by atoms with Gasteiger partial charge in [0.25, 0.3) is 5.91 Å². The first-order valence-corrected chi connectivity index (χ1v) is 12.0. The second-order valence-electron chi connectivity index (χ2n) is 5.88.